The Morgan fingerprint density at radius 1 is 1.40 bits per heavy atom. The molecule has 130 valence electrons. The van der Waals surface area contributed by atoms with E-state index < -0.39 is 6.04 Å². The normalized spacial score (nSPS) is 12.3. The zero-order valence-electron chi connectivity index (χ0n) is 14.3. The van der Waals surface area contributed by atoms with Crippen molar-refractivity contribution in [3.05, 3.63) is 55.9 Å². The molecule has 7 heteroatoms. The summed E-state index contributed by atoms with van der Waals surface area (Å²) in [5.41, 5.74) is 1.45. The first-order valence-electron chi connectivity index (χ1n) is 8.06. The molecule has 0 saturated heterocycles. The van der Waals surface area contributed by atoms with Gasteiger partial charge >= 0.3 is 0 Å². The van der Waals surface area contributed by atoms with Crippen LogP contribution in [0.3, 0.4) is 0 Å². The minimum atomic E-state index is -0.717. The predicted molar refractivity (Wildman–Crippen MR) is 105 cm³/mol. The topological polar surface area (TPSA) is 66.9 Å². The van der Waals surface area contributed by atoms with E-state index in [1.54, 1.807) is 6.92 Å². The highest BCUT2D eigenvalue weighted by molar-refractivity contribution is 7.71. The van der Waals surface area contributed by atoms with Gasteiger partial charge in [0.15, 0.2) is 4.77 Å². The highest BCUT2D eigenvalue weighted by atomic mass is 32.1. The van der Waals surface area contributed by atoms with Crippen LogP contribution in [-0.2, 0) is 11.2 Å². The number of carbonyl (C=O) groups excluding carboxylic acids is 1. The summed E-state index contributed by atoms with van der Waals surface area (Å²) in [5, 5.41) is 3.45. The molecule has 0 saturated carbocycles. The number of fused-ring (bicyclic) bond motifs is 1. The molecule has 1 aromatic carbocycles. The number of carbonyl (C=O) groups is 1. The predicted octanol–water partition coefficient (Wildman–Crippen LogP) is 4.19. The van der Waals surface area contributed by atoms with Gasteiger partial charge in [0.2, 0.25) is 5.91 Å². The summed E-state index contributed by atoms with van der Waals surface area (Å²) in [7, 11) is 0. The molecule has 0 fully saturated rings. The van der Waals surface area contributed by atoms with Crippen LogP contribution in [0.1, 0.15) is 30.3 Å². The number of benzene rings is 1. The Morgan fingerprint density at radius 3 is 2.80 bits per heavy atom. The number of aromatic amines is 1. The van der Waals surface area contributed by atoms with Gasteiger partial charge in [0.05, 0.1) is 5.39 Å². The van der Waals surface area contributed by atoms with Crippen molar-refractivity contribution in [3.8, 4) is 0 Å². The maximum atomic E-state index is 12.8. The van der Waals surface area contributed by atoms with E-state index in [2.05, 4.69) is 10.3 Å². The van der Waals surface area contributed by atoms with Gasteiger partial charge in [-0.15, -0.1) is 11.3 Å². The average molecular weight is 374 g/mol. The number of aryl methyl sites for hydroxylation is 2. The average Bonchev–Trinajstić information content (AvgIpc) is 3.00. The van der Waals surface area contributed by atoms with Gasteiger partial charge < -0.3 is 10.3 Å². The second-order valence-electron chi connectivity index (χ2n) is 5.89. The van der Waals surface area contributed by atoms with Crippen molar-refractivity contribution in [2.45, 2.75) is 33.2 Å². The Labute approximate surface area is 154 Å². The highest BCUT2D eigenvalue weighted by Crippen LogP contribution is 2.22. The van der Waals surface area contributed by atoms with Gasteiger partial charge in [0.25, 0.3) is 5.56 Å². The maximum Gasteiger partial charge on any atom is 0.263 e. The number of hydrogen-bond acceptors (Lipinski definition) is 4. The van der Waals surface area contributed by atoms with Gasteiger partial charge in [-0.3, -0.25) is 14.2 Å². The van der Waals surface area contributed by atoms with Crippen molar-refractivity contribution in [2.75, 3.05) is 5.32 Å². The van der Waals surface area contributed by atoms with Gasteiger partial charge in [-0.05, 0) is 50.2 Å². The fourth-order valence-corrected chi connectivity index (χ4v) is 4.06. The van der Waals surface area contributed by atoms with Crippen molar-refractivity contribution in [3.63, 3.8) is 0 Å². The van der Waals surface area contributed by atoms with Crippen molar-refractivity contribution in [1.29, 1.82) is 0 Å². The number of amides is 1. The molecular weight excluding hydrogens is 354 g/mol. The number of anilines is 1. The van der Waals surface area contributed by atoms with Crippen LogP contribution in [0.5, 0.6) is 0 Å². The summed E-state index contributed by atoms with van der Waals surface area (Å²) in [6, 6.07) is 8.67. The van der Waals surface area contributed by atoms with Crippen molar-refractivity contribution in [1.82, 2.24) is 9.55 Å². The molecule has 1 atom stereocenters. The standard InChI is InChI=1S/C18H19N3O2S2/c1-4-12-9-13-16(25-12)20-18(24)21(17(13)23)11(3)15(22)19-14-8-6-5-7-10(14)2/h5-9,11H,4H2,1-3H3,(H,19,22)(H,20,24). The summed E-state index contributed by atoms with van der Waals surface area (Å²) in [6.45, 7) is 5.64. The number of H-pyrrole nitrogens is 1. The van der Waals surface area contributed by atoms with Crippen LogP contribution in [0, 0.1) is 11.7 Å². The molecule has 0 aliphatic rings. The van der Waals surface area contributed by atoms with Gasteiger partial charge in [0.1, 0.15) is 10.9 Å². The highest BCUT2D eigenvalue weighted by Gasteiger charge is 2.20. The lowest BCUT2D eigenvalue weighted by Crippen LogP contribution is -2.32. The first-order valence-corrected chi connectivity index (χ1v) is 9.28. The number of nitrogens with one attached hydrogen (secondary N) is 2. The van der Waals surface area contributed by atoms with Crippen LogP contribution < -0.4 is 10.9 Å². The molecule has 3 aromatic rings. The van der Waals surface area contributed by atoms with Crippen molar-refractivity contribution >= 4 is 45.4 Å². The fraction of sp³-hybridized carbons (Fsp3) is 0.278. The Morgan fingerprint density at radius 2 is 2.12 bits per heavy atom. The van der Waals surface area contributed by atoms with Crippen LogP contribution in [0.15, 0.2) is 35.1 Å². The van der Waals surface area contributed by atoms with Crippen molar-refractivity contribution in [2.24, 2.45) is 0 Å². The monoisotopic (exact) mass is 373 g/mol. The lowest BCUT2D eigenvalue weighted by molar-refractivity contribution is -0.118. The minimum Gasteiger partial charge on any atom is -0.324 e. The number of nitrogens with zero attached hydrogens (tertiary/aromatic N) is 1. The molecule has 25 heavy (non-hydrogen) atoms. The molecule has 2 N–H and O–H groups in total. The lowest BCUT2D eigenvalue weighted by atomic mass is 10.2. The quantitative estimate of drug-likeness (QED) is 0.674. The van der Waals surface area contributed by atoms with Crippen LogP contribution in [0.2, 0.25) is 0 Å². The van der Waals surface area contributed by atoms with E-state index in [9.17, 15) is 9.59 Å². The molecule has 0 aliphatic carbocycles. The molecular formula is C18H19N3O2S2. The van der Waals surface area contributed by atoms with Gasteiger partial charge in [-0.2, -0.15) is 0 Å². The van der Waals surface area contributed by atoms with E-state index in [1.165, 1.54) is 15.9 Å². The molecule has 2 aromatic heterocycles. The van der Waals surface area contributed by atoms with Gasteiger partial charge in [0, 0.05) is 10.6 Å². The second kappa shape index (κ2) is 6.93. The SMILES string of the molecule is CCc1cc2c(=O)n(C(C)C(=O)Nc3ccccc3C)c(=S)[nH]c2s1. The number of aromatic nitrogens is 2. The number of thiophene rings is 1. The van der Waals surface area contributed by atoms with Gasteiger partial charge in [-0.25, -0.2) is 0 Å². The fourth-order valence-electron chi connectivity index (χ4n) is 2.67. The second-order valence-corrected chi connectivity index (χ2v) is 7.42. The van der Waals surface area contributed by atoms with Crippen molar-refractivity contribution < 1.29 is 4.79 Å². The molecule has 0 aliphatic heterocycles. The first kappa shape index (κ1) is 17.6. The van der Waals surface area contributed by atoms with Crippen LogP contribution in [0.25, 0.3) is 10.2 Å². The summed E-state index contributed by atoms with van der Waals surface area (Å²) < 4.78 is 1.60. The Bertz CT molecular complexity index is 1060. The number of para-hydroxylation sites is 1. The molecule has 3 rings (SSSR count). The van der Waals surface area contributed by atoms with E-state index in [0.29, 0.717) is 5.39 Å². The molecule has 0 radical (unpaired) electrons. The van der Waals surface area contributed by atoms with Crippen LogP contribution >= 0.6 is 23.6 Å². The van der Waals surface area contributed by atoms with E-state index in [0.717, 1.165) is 27.4 Å². The third-order valence-corrected chi connectivity index (χ3v) is 5.68. The van der Waals surface area contributed by atoms with Crippen LogP contribution in [0.4, 0.5) is 5.69 Å². The third kappa shape index (κ3) is 3.29. The van der Waals surface area contributed by atoms with E-state index >= 15 is 0 Å². The maximum absolute atomic E-state index is 12.8. The van der Waals surface area contributed by atoms with Gasteiger partial charge in [-0.1, -0.05) is 25.1 Å². The van der Waals surface area contributed by atoms with E-state index in [4.69, 9.17) is 12.2 Å². The number of rotatable bonds is 4. The summed E-state index contributed by atoms with van der Waals surface area (Å²) in [5.74, 6) is -0.277. The lowest BCUT2D eigenvalue weighted by Gasteiger charge is -2.16. The largest absolute Gasteiger partial charge is 0.324 e. The zero-order chi connectivity index (χ0) is 18.1. The molecule has 0 bridgehead atoms. The van der Waals surface area contributed by atoms with E-state index in [-0.39, 0.29) is 16.2 Å². The summed E-state index contributed by atoms with van der Waals surface area (Å²) in [6.07, 6.45) is 0.850. The number of hydrogen-bond donors (Lipinski definition) is 2. The Hall–Kier alpha value is -2.25. The van der Waals surface area contributed by atoms with E-state index in [1.807, 2.05) is 44.2 Å². The minimum absolute atomic E-state index is 0.234. The Balaban J connectivity index is 2.00. The third-order valence-electron chi connectivity index (χ3n) is 4.19. The first-order chi connectivity index (χ1) is 11.9. The molecule has 1 amide bonds. The summed E-state index contributed by atoms with van der Waals surface area (Å²) >= 11 is 6.86. The molecule has 5 nitrogen and oxygen atoms in total. The Kier molecular flexibility index (Phi) is 4.87. The van der Waals surface area contributed by atoms with Crippen LogP contribution in [-0.4, -0.2) is 15.5 Å². The zero-order valence-corrected chi connectivity index (χ0v) is 15.9. The molecule has 1 unspecified atom stereocenters. The summed E-state index contributed by atoms with van der Waals surface area (Å²) in [4.78, 5) is 30.4. The smallest absolute Gasteiger partial charge is 0.263 e. The molecule has 0 spiro atoms. The molecule has 2 heterocycles.